The lowest BCUT2D eigenvalue weighted by Crippen LogP contribution is -2.36. The van der Waals surface area contributed by atoms with Crippen LogP contribution in [0.4, 0.5) is 0 Å². The van der Waals surface area contributed by atoms with Gasteiger partial charge in [0.25, 0.3) is 5.91 Å². The van der Waals surface area contributed by atoms with Gasteiger partial charge in [0, 0.05) is 12.1 Å². The van der Waals surface area contributed by atoms with Crippen LogP contribution in [-0.2, 0) is 11.2 Å². The van der Waals surface area contributed by atoms with Crippen molar-refractivity contribution in [1.29, 1.82) is 0 Å². The molecule has 0 saturated heterocycles. The molecule has 0 aromatic heterocycles. The van der Waals surface area contributed by atoms with Crippen molar-refractivity contribution < 1.29 is 9.53 Å². The SMILES string of the molecule is CCCC(C)NC(=O)COc1cccc2c1CCCC2N. The van der Waals surface area contributed by atoms with E-state index < -0.39 is 0 Å². The van der Waals surface area contributed by atoms with E-state index in [1.165, 1.54) is 11.1 Å². The molecule has 116 valence electrons. The lowest BCUT2D eigenvalue weighted by Gasteiger charge is -2.24. The number of nitrogens with one attached hydrogen (secondary N) is 1. The van der Waals surface area contributed by atoms with Gasteiger partial charge in [-0.15, -0.1) is 0 Å². The Morgan fingerprint density at radius 2 is 2.33 bits per heavy atom. The van der Waals surface area contributed by atoms with Gasteiger partial charge in [0.1, 0.15) is 5.75 Å². The third-order valence-electron chi connectivity index (χ3n) is 4.00. The number of ether oxygens (including phenoxy) is 1. The lowest BCUT2D eigenvalue weighted by molar-refractivity contribution is -0.123. The van der Waals surface area contributed by atoms with Crippen molar-refractivity contribution in [2.75, 3.05) is 6.61 Å². The molecule has 21 heavy (non-hydrogen) atoms. The summed E-state index contributed by atoms with van der Waals surface area (Å²) >= 11 is 0. The van der Waals surface area contributed by atoms with Crippen LogP contribution in [0.15, 0.2) is 18.2 Å². The third kappa shape index (κ3) is 4.21. The van der Waals surface area contributed by atoms with E-state index >= 15 is 0 Å². The quantitative estimate of drug-likeness (QED) is 0.846. The van der Waals surface area contributed by atoms with Gasteiger partial charge < -0.3 is 15.8 Å². The molecule has 1 aromatic rings. The molecule has 0 heterocycles. The van der Waals surface area contributed by atoms with Crippen molar-refractivity contribution in [3.63, 3.8) is 0 Å². The van der Waals surface area contributed by atoms with Gasteiger partial charge in [-0.25, -0.2) is 0 Å². The number of fused-ring (bicyclic) bond motifs is 1. The number of rotatable bonds is 6. The molecule has 1 aliphatic rings. The summed E-state index contributed by atoms with van der Waals surface area (Å²) in [5, 5.41) is 2.95. The van der Waals surface area contributed by atoms with Crippen molar-refractivity contribution in [3.05, 3.63) is 29.3 Å². The molecule has 0 bridgehead atoms. The second-order valence-corrected chi connectivity index (χ2v) is 5.87. The Labute approximate surface area is 127 Å². The maximum atomic E-state index is 11.9. The first-order valence-corrected chi connectivity index (χ1v) is 7.91. The number of amides is 1. The van der Waals surface area contributed by atoms with Crippen LogP contribution in [0.2, 0.25) is 0 Å². The summed E-state index contributed by atoms with van der Waals surface area (Å²) in [6, 6.07) is 6.24. The molecule has 4 heteroatoms. The average molecular weight is 290 g/mol. The van der Waals surface area contributed by atoms with E-state index in [1.807, 2.05) is 19.1 Å². The lowest BCUT2D eigenvalue weighted by atomic mass is 9.88. The van der Waals surface area contributed by atoms with Crippen molar-refractivity contribution in [3.8, 4) is 5.75 Å². The molecule has 0 radical (unpaired) electrons. The van der Waals surface area contributed by atoms with Crippen LogP contribution < -0.4 is 15.8 Å². The first-order valence-electron chi connectivity index (χ1n) is 7.91. The molecule has 2 rings (SSSR count). The highest BCUT2D eigenvalue weighted by atomic mass is 16.5. The van der Waals surface area contributed by atoms with Gasteiger partial charge in [0.2, 0.25) is 0 Å². The highest BCUT2D eigenvalue weighted by Gasteiger charge is 2.20. The van der Waals surface area contributed by atoms with E-state index in [4.69, 9.17) is 10.5 Å². The number of hydrogen-bond donors (Lipinski definition) is 2. The minimum absolute atomic E-state index is 0.0614. The van der Waals surface area contributed by atoms with Crippen molar-refractivity contribution in [2.24, 2.45) is 5.73 Å². The molecule has 1 amide bonds. The molecule has 0 aliphatic heterocycles. The molecular weight excluding hydrogens is 264 g/mol. The fraction of sp³-hybridized carbons (Fsp3) is 0.588. The van der Waals surface area contributed by atoms with Crippen LogP contribution in [0.3, 0.4) is 0 Å². The monoisotopic (exact) mass is 290 g/mol. The standard InChI is InChI=1S/C17H26N2O2/c1-3-6-12(2)19-17(20)11-21-16-10-5-7-13-14(16)8-4-9-15(13)18/h5,7,10,12,15H,3-4,6,8-9,11,18H2,1-2H3,(H,19,20). The minimum Gasteiger partial charge on any atom is -0.483 e. The van der Waals surface area contributed by atoms with Crippen molar-refractivity contribution in [1.82, 2.24) is 5.32 Å². The zero-order valence-electron chi connectivity index (χ0n) is 13.0. The average Bonchev–Trinajstić information content (AvgIpc) is 2.46. The van der Waals surface area contributed by atoms with Gasteiger partial charge in [-0.2, -0.15) is 0 Å². The predicted molar refractivity (Wildman–Crippen MR) is 84.3 cm³/mol. The highest BCUT2D eigenvalue weighted by Crippen LogP contribution is 2.33. The topological polar surface area (TPSA) is 64.3 Å². The maximum absolute atomic E-state index is 11.9. The predicted octanol–water partition coefficient (Wildman–Crippen LogP) is 2.71. The second-order valence-electron chi connectivity index (χ2n) is 5.87. The number of nitrogens with two attached hydrogens (primary N) is 1. The zero-order chi connectivity index (χ0) is 15.2. The first-order chi connectivity index (χ1) is 10.1. The van der Waals surface area contributed by atoms with Crippen LogP contribution >= 0.6 is 0 Å². The smallest absolute Gasteiger partial charge is 0.258 e. The Morgan fingerprint density at radius 3 is 3.10 bits per heavy atom. The Balaban J connectivity index is 1.95. The maximum Gasteiger partial charge on any atom is 0.258 e. The molecule has 0 fully saturated rings. The second kappa shape index (κ2) is 7.46. The number of carbonyl (C=O) groups is 1. The normalized spacial score (nSPS) is 18.7. The van der Waals surface area contributed by atoms with Crippen LogP contribution in [-0.4, -0.2) is 18.6 Å². The van der Waals surface area contributed by atoms with Crippen LogP contribution in [0, 0.1) is 0 Å². The van der Waals surface area contributed by atoms with Crippen molar-refractivity contribution >= 4 is 5.91 Å². The first kappa shape index (κ1) is 15.8. The summed E-state index contributed by atoms with van der Waals surface area (Å²) in [5.74, 6) is 0.745. The number of hydrogen-bond acceptors (Lipinski definition) is 3. The van der Waals surface area contributed by atoms with Gasteiger partial charge in [0.05, 0.1) is 0 Å². The Hall–Kier alpha value is -1.55. The number of carbonyl (C=O) groups excluding carboxylic acids is 1. The fourth-order valence-electron chi connectivity index (χ4n) is 2.95. The highest BCUT2D eigenvalue weighted by molar-refractivity contribution is 5.77. The van der Waals surface area contributed by atoms with Gasteiger partial charge >= 0.3 is 0 Å². The third-order valence-corrected chi connectivity index (χ3v) is 4.00. The van der Waals surface area contributed by atoms with E-state index in [2.05, 4.69) is 18.3 Å². The van der Waals surface area contributed by atoms with Crippen LogP contribution in [0.5, 0.6) is 5.75 Å². The molecule has 4 nitrogen and oxygen atoms in total. The Bertz CT molecular complexity index is 488. The molecule has 2 unspecified atom stereocenters. The molecule has 0 spiro atoms. The summed E-state index contributed by atoms with van der Waals surface area (Å²) in [4.78, 5) is 11.9. The minimum atomic E-state index is -0.0614. The van der Waals surface area contributed by atoms with Gasteiger partial charge in [-0.1, -0.05) is 25.5 Å². The van der Waals surface area contributed by atoms with E-state index in [0.717, 1.165) is 37.9 Å². The Morgan fingerprint density at radius 1 is 1.52 bits per heavy atom. The summed E-state index contributed by atoms with van der Waals surface area (Å²) in [7, 11) is 0. The molecular formula is C17H26N2O2. The van der Waals surface area contributed by atoms with Crippen LogP contribution in [0.1, 0.15) is 56.7 Å². The molecule has 0 saturated carbocycles. The summed E-state index contributed by atoms with van der Waals surface area (Å²) in [5.41, 5.74) is 8.47. The van der Waals surface area contributed by atoms with Crippen LogP contribution in [0.25, 0.3) is 0 Å². The molecule has 1 aliphatic carbocycles. The van der Waals surface area contributed by atoms with E-state index in [1.54, 1.807) is 0 Å². The summed E-state index contributed by atoms with van der Waals surface area (Å²) < 4.78 is 5.73. The van der Waals surface area contributed by atoms with Crippen molar-refractivity contribution in [2.45, 2.75) is 58.0 Å². The largest absolute Gasteiger partial charge is 0.483 e. The molecule has 3 N–H and O–H groups in total. The molecule has 1 aromatic carbocycles. The van der Waals surface area contributed by atoms with Gasteiger partial charge in [-0.3, -0.25) is 4.79 Å². The fourth-order valence-corrected chi connectivity index (χ4v) is 2.95. The number of benzene rings is 1. The zero-order valence-corrected chi connectivity index (χ0v) is 13.0. The van der Waals surface area contributed by atoms with E-state index in [-0.39, 0.29) is 24.6 Å². The Kier molecular flexibility index (Phi) is 5.62. The van der Waals surface area contributed by atoms with E-state index in [9.17, 15) is 4.79 Å². The summed E-state index contributed by atoms with van der Waals surface area (Å²) in [6.45, 7) is 4.20. The van der Waals surface area contributed by atoms with Gasteiger partial charge in [0.15, 0.2) is 6.61 Å². The van der Waals surface area contributed by atoms with Gasteiger partial charge in [-0.05, 0) is 49.8 Å². The summed E-state index contributed by atoms with van der Waals surface area (Å²) in [6.07, 6.45) is 5.13. The molecule has 2 atom stereocenters. The van der Waals surface area contributed by atoms with E-state index in [0.29, 0.717) is 0 Å².